The maximum absolute atomic E-state index is 12.8. The van der Waals surface area contributed by atoms with Crippen LogP contribution in [0.4, 0.5) is 0 Å². The number of nitrogens with one attached hydrogen (secondary N) is 1. The van der Waals surface area contributed by atoms with Crippen molar-refractivity contribution in [3.63, 3.8) is 0 Å². The van der Waals surface area contributed by atoms with Gasteiger partial charge in [0.25, 0.3) is 0 Å². The molecule has 3 nitrogen and oxygen atoms in total. The van der Waals surface area contributed by atoms with Gasteiger partial charge in [0, 0.05) is 28.2 Å². The Morgan fingerprint density at radius 2 is 1.96 bits per heavy atom. The van der Waals surface area contributed by atoms with Crippen LogP contribution in [0.5, 0.6) is 0 Å². The van der Waals surface area contributed by atoms with Crippen molar-refractivity contribution in [1.29, 1.82) is 0 Å². The van der Waals surface area contributed by atoms with Crippen LogP contribution in [0.3, 0.4) is 0 Å². The lowest BCUT2D eigenvalue weighted by atomic mass is 9.66. The molecule has 1 aliphatic heterocycles. The van der Waals surface area contributed by atoms with Gasteiger partial charge in [-0.1, -0.05) is 24.3 Å². The molecular formula is C22H29NO2S. The molecule has 1 amide bonds. The van der Waals surface area contributed by atoms with E-state index < -0.39 is 0 Å². The second kappa shape index (κ2) is 7.53. The second-order valence-corrected chi connectivity index (χ2v) is 9.47. The first kappa shape index (κ1) is 19.1. The Morgan fingerprint density at radius 3 is 2.62 bits per heavy atom. The molecule has 1 saturated heterocycles. The van der Waals surface area contributed by atoms with E-state index in [0.29, 0.717) is 19.6 Å². The van der Waals surface area contributed by atoms with E-state index in [1.54, 1.807) is 11.3 Å². The summed E-state index contributed by atoms with van der Waals surface area (Å²) in [5.41, 5.74) is 2.17. The molecule has 0 saturated carbocycles. The third-order valence-corrected chi connectivity index (χ3v) is 6.31. The van der Waals surface area contributed by atoms with Gasteiger partial charge < -0.3 is 10.1 Å². The molecule has 0 aliphatic carbocycles. The van der Waals surface area contributed by atoms with Gasteiger partial charge >= 0.3 is 0 Å². The minimum atomic E-state index is -0.217. The molecule has 140 valence electrons. The molecule has 1 fully saturated rings. The minimum absolute atomic E-state index is 0.122. The lowest BCUT2D eigenvalue weighted by molar-refractivity contribution is -0.126. The topological polar surface area (TPSA) is 38.3 Å². The molecule has 1 aromatic carbocycles. The summed E-state index contributed by atoms with van der Waals surface area (Å²) < 4.78 is 5.97. The summed E-state index contributed by atoms with van der Waals surface area (Å²) in [6.07, 6.45) is 2.25. The Labute approximate surface area is 160 Å². The number of benzene rings is 1. The molecule has 0 radical (unpaired) electrons. The maximum Gasteiger partial charge on any atom is 0.221 e. The number of ether oxygens (including phenoxy) is 1. The first-order valence-corrected chi connectivity index (χ1v) is 10.1. The van der Waals surface area contributed by atoms with Crippen molar-refractivity contribution < 1.29 is 9.53 Å². The number of carbonyl (C=O) groups is 1. The van der Waals surface area contributed by atoms with E-state index in [-0.39, 0.29) is 16.9 Å². The number of hydrogen-bond donors (Lipinski definition) is 1. The summed E-state index contributed by atoms with van der Waals surface area (Å²) in [4.78, 5) is 15.3. The normalized spacial score (nSPS) is 22.2. The molecule has 1 atom stereocenters. The molecule has 1 aromatic heterocycles. The molecule has 2 aromatic rings. The lowest BCUT2D eigenvalue weighted by Gasteiger charge is -2.45. The Hall–Kier alpha value is -1.65. The first-order chi connectivity index (χ1) is 12.3. The monoisotopic (exact) mass is 371 g/mol. The van der Waals surface area contributed by atoms with E-state index in [9.17, 15) is 4.79 Å². The molecule has 2 heterocycles. The van der Waals surface area contributed by atoms with E-state index in [4.69, 9.17) is 4.74 Å². The highest BCUT2D eigenvalue weighted by atomic mass is 32.1. The zero-order chi connectivity index (χ0) is 18.8. The average molecular weight is 372 g/mol. The van der Waals surface area contributed by atoms with Gasteiger partial charge in [0.05, 0.1) is 12.1 Å². The third kappa shape index (κ3) is 4.36. The quantitative estimate of drug-likeness (QED) is 0.812. The van der Waals surface area contributed by atoms with E-state index in [0.717, 1.165) is 12.8 Å². The molecule has 0 spiro atoms. The fraction of sp³-hybridized carbons (Fsp3) is 0.500. The van der Waals surface area contributed by atoms with Gasteiger partial charge in [-0.25, -0.2) is 0 Å². The van der Waals surface area contributed by atoms with Crippen LogP contribution < -0.4 is 5.32 Å². The fourth-order valence-corrected chi connectivity index (χ4v) is 5.09. The molecule has 4 heteroatoms. The first-order valence-electron chi connectivity index (χ1n) is 9.32. The van der Waals surface area contributed by atoms with Crippen molar-refractivity contribution in [2.45, 2.75) is 64.5 Å². The molecule has 1 N–H and O–H groups in total. The van der Waals surface area contributed by atoms with Crippen LogP contribution in [0.25, 0.3) is 0 Å². The van der Waals surface area contributed by atoms with Crippen molar-refractivity contribution in [2.24, 2.45) is 0 Å². The summed E-state index contributed by atoms with van der Waals surface area (Å²) in [5, 5.41) is 3.13. The van der Waals surface area contributed by atoms with Gasteiger partial charge in [0.15, 0.2) is 0 Å². The molecule has 26 heavy (non-hydrogen) atoms. The van der Waals surface area contributed by atoms with E-state index in [2.05, 4.69) is 69.4 Å². The minimum Gasteiger partial charge on any atom is -0.376 e. The van der Waals surface area contributed by atoms with Gasteiger partial charge in [-0.15, -0.1) is 11.3 Å². The predicted octanol–water partition coefficient (Wildman–Crippen LogP) is 4.90. The number of thiophene rings is 1. The number of amides is 1. The van der Waals surface area contributed by atoms with Crippen LogP contribution in [-0.2, 0) is 21.5 Å². The van der Waals surface area contributed by atoms with Gasteiger partial charge in [-0.3, -0.25) is 4.79 Å². The van der Waals surface area contributed by atoms with E-state index in [1.807, 2.05) is 0 Å². The maximum atomic E-state index is 12.8. The number of rotatable bonds is 5. The highest BCUT2D eigenvalue weighted by molar-refractivity contribution is 7.11. The number of hydrogen-bond acceptors (Lipinski definition) is 3. The van der Waals surface area contributed by atoms with Crippen molar-refractivity contribution >= 4 is 17.2 Å². The highest BCUT2D eigenvalue weighted by Gasteiger charge is 2.44. The van der Waals surface area contributed by atoms with Crippen LogP contribution >= 0.6 is 11.3 Å². The molecule has 3 rings (SSSR count). The van der Waals surface area contributed by atoms with Gasteiger partial charge in [0.1, 0.15) is 0 Å². The summed E-state index contributed by atoms with van der Waals surface area (Å²) in [6.45, 7) is 9.80. The molecule has 0 unspecified atom stereocenters. The number of carbonyl (C=O) groups excluding carboxylic acids is 1. The van der Waals surface area contributed by atoms with Crippen molar-refractivity contribution in [1.82, 2.24) is 5.32 Å². The zero-order valence-corrected chi connectivity index (χ0v) is 17.0. The summed E-state index contributed by atoms with van der Waals surface area (Å²) >= 11 is 1.74. The van der Waals surface area contributed by atoms with E-state index in [1.165, 1.54) is 20.9 Å². The second-order valence-electron chi connectivity index (χ2n) is 8.10. The predicted molar refractivity (Wildman–Crippen MR) is 108 cm³/mol. The van der Waals surface area contributed by atoms with Gasteiger partial charge in [0.2, 0.25) is 5.91 Å². The van der Waals surface area contributed by atoms with Gasteiger partial charge in [-0.05, 0) is 63.8 Å². The molecule has 1 aliphatic rings. The van der Waals surface area contributed by atoms with Crippen molar-refractivity contribution in [2.75, 3.05) is 6.61 Å². The molecule has 0 bridgehead atoms. The van der Waals surface area contributed by atoms with Crippen LogP contribution in [0.2, 0.25) is 0 Å². The van der Waals surface area contributed by atoms with Gasteiger partial charge in [-0.2, -0.15) is 0 Å². The Morgan fingerprint density at radius 1 is 1.19 bits per heavy atom. The Balaban J connectivity index is 1.80. The number of aryl methyl sites for hydroxylation is 2. The van der Waals surface area contributed by atoms with Crippen LogP contribution in [-0.4, -0.2) is 18.1 Å². The Bertz CT molecular complexity index is 780. The standard InChI is InChI=1S/C22H29NO2S/c1-16-7-5-6-8-19(16)22(11-12-25-21(3,4)15-22)13-20(24)23-14-18-10-9-17(2)26-18/h5-10H,11-15H2,1-4H3,(H,23,24)/t22-/m0/s1. The summed E-state index contributed by atoms with van der Waals surface area (Å²) in [7, 11) is 0. The van der Waals surface area contributed by atoms with Crippen LogP contribution in [0.1, 0.15) is 54.0 Å². The smallest absolute Gasteiger partial charge is 0.221 e. The summed E-state index contributed by atoms with van der Waals surface area (Å²) in [5.74, 6) is 0.122. The summed E-state index contributed by atoms with van der Waals surface area (Å²) in [6, 6.07) is 12.7. The fourth-order valence-electron chi connectivity index (χ4n) is 4.26. The SMILES string of the molecule is Cc1ccc(CNC(=O)C[C@@]2(c3ccccc3C)CCOC(C)(C)C2)s1. The highest BCUT2D eigenvalue weighted by Crippen LogP contribution is 2.45. The molecular weight excluding hydrogens is 342 g/mol. The lowest BCUT2D eigenvalue weighted by Crippen LogP contribution is -2.46. The van der Waals surface area contributed by atoms with E-state index >= 15 is 0 Å². The van der Waals surface area contributed by atoms with Crippen molar-refractivity contribution in [3.05, 3.63) is 57.3 Å². The van der Waals surface area contributed by atoms with Crippen molar-refractivity contribution in [3.8, 4) is 0 Å². The largest absolute Gasteiger partial charge is 0.376 e. The zero-order valence-electron chi connectivity index (χ0n) is 16.2. The average Bonchev–Trinajstić information content (AvgIpc) is 2.98. The Kier molecular flexibility index (Phi) is 5.54. The van der Waals surface area contributed by atoms with Crippen LogP contribution in [0.15, 0.2) is 36.4 Å². The van der Waals surface area contributed by atoms with Crippen LogP contribution in [0, 0.1) is 13.8 Å². The third-order valence-electron chi connectivity index (χ3n) is 5.31.